The van der Waals surface area contributed by atoms with E-state index >= 15 is 0 Å². The van der Waals surface area contributed by atoms with Crippen molar-refractivity contribution in [1.82, 2.24) is 9.80 Å². The molecule has 2 aliphatic heterocycles. The number of carbonyl (C=O) groups excluding carboxylic acids is 1. The van der Waals surface area contributed by atoms with Crippen LogP contribution in [-0.4, -0.2) is 68.1 Å². The second-order valence-electron chi connectivity index (χ2n) is 8.68. The number of benzene rings is 2. The molecule has 2 aliphatic rings. The molecule has 2 atom stereocenters. The molecule has 1 saturated heterocycles. The lowest BCUT2D eigenvalue weighted by Crippen LogP contribution is -2.51. The van der Waals surface area contributed by atoms with Crippen molar-refractivity contribution in [3.63, 3.8) is 0 Å². The quantitative estimate of drug-likeness (QED) is 0.677. The molecule has 6 heteroatoms. The van der Waals surface area contributed by atoms with Crippen molar-refractivity contribution >= 4 is 23.2 Å². The van der Waals surface area contributed by atoms with Gasteiger partial charge in [-0.15, -0.1) is 0 Å². The molecule has 5 nitrogen and oxygen atoms in total. The van der Waals surface area contributed by atoms with Gasteiger partial charge < -0.3 is 14.5 Å². The molecule has 1 fully saturated rings. The fourth-order valence-corrected chi connectivity index (χ4v) is 5.01. The highest BCUT2D eigenvalue weighted by molar-refractivity contribution is 6.30. The summed E-state index contributed by atoms with van der Waals surface area (Å²) in [4.78, 5) is 19.9. The van der Waals surface area contributed by atoms with E-state index < -0.39 is 0 Å². The lowest BCUT2D eigenvalue weighted by atomic mass is 9.98. The third-order valence-electron chi connectivity index (χ3n) is 6.85. The molecule has 0 aliphatic carbocycles. The van der Waals surface area contributed by atoms with Crippen LogP contribution >= 0.6 is 11.6 Å². The van der Waals surface area contributed by atoms with Gasteiger partial charge in [0.1, 0.15) is 5.75 Å². The number of hydrogen-bond acceptors (Lipinski definition) is 4. The van der Waals surface area contributed by atoms with E-state index in [-0.39, 0.29) is 11.9 Å². The molecular weight excluding hydrogens is 410 g/mol. The first-order valence-electron chi connectivity index (χ1n) is 11.2. The Bertz CT molecular complexity index is 927. The van der Waals surface area contributed by atoms with Gasteiger partial charge >= 0.3 is 0 Å². The summed E-state index contributed by atoms with van der Waals surface area (Å²) in [6.45, 7) is 9.59. The molecule has 0 aromatic heterocycles. The molecular formula is C25H32ClN3O2. The molecule has 0 N–H and O–H groups in total. The van der Waals surface area contributed by atoms with E-state index in [9.17, 15) is 4.79 Å². The van der Waals surface area contributed by atoms with Crippen LogP contribution in [0.25, 0.3) is 0 Å². The van der Waals surface area contributed by atoms with Crippen LogP contribution in [0.1, 0.15) is 30.9 Å². The Morgan fingerprint density at radius 1 is 1.06 bits per heavy atom. The SMILES string of the molecule is COc1ccc(Cl)cc1CCN1CCN(CC(=O)N2c3ccccc3[C@@H](C)[C@H]2C)CC1. The van der Waals surface area contributed by atoms with Crippen LogP contribution in [0.2, 0.25) is 5.02 Å². The average Bonchev–Trinajstić information content (AvgIpc) is 3.04. The maximum absolute atomic E-state index is 13.2. The first-order chi connectivity index (χ1) is 15.0. The fourth-order valence-electron chi connectivity index (χ4n) is 4.82. The molecule has 4 rings (SSSR count). The number of para-hydroxylation sites is 1. The Hall–Kier alpha value is -2.08. The van der Waals surface area contributed by atoms with Crippen molar-refractivity contribution in [2.24, 2.45) is 0 Å². The first-order valence-corrected chi connectivity index (χ1v) is 11.5. The van der Waals surface area contributed by atoms with Crippen molar-refractivity contribution in [2.75, 3.05) is 51.3 Å². The molecule has 0 bridgehead atoms. The number of amides is 1. The van der Waals surface area contributed by atoms with Gasteiger partial charge in [0, 0.05) is 55.4 Å². The van der Waals surface area contributed by atoms with Gasteiger partial charge in [-0.1, -0.05) is 36.7 Å². The van der Waals surface area contributed by atoms with Gasteiger partial charge in [-0.3, -0.25) is 9.69 Å². The molecule has 2 heterocycles. The van der Waals surface area contributed by atoms with Crippen LogP contribution in [-0.2, 0) is 11.2 Å². The fraction of sp³-hybridized carbons (Fsp3) is 0.480. The molecule has 31 heavy (non-hydrogen) atoms. The van der Waals surface area contributed by atoms with Gasteiger partial charge in [0.15, 0.2) is 0 Å². The van der Waals surface area contributed by atoms with Crippen LogP contribution in [0.15, 0.2) is 42.5 Å². The van der Waals surface area contributed by atoms with Crippen LogP contribution in [0.3, 0.4) is 0 Å². The van der Waals surface area contributed by atoms with Crippen molar-refractivity contribution in [1.29, 1.82) is 0 Å². The molecule has 2 aromatic carbocycles. The molecule has 166 valence electrons. The maximum Gasteiger partial charge on any atom is 0.241 e. The second kappa shape index (κ2) is 9.60. The number of nitrogens with zero attached hydrogens (tertiary/aromatic N) is 3. The monoisotopic (exact) mass is 441 g/mol. The Balaban J connectivity index is 1.29. The molecule has 2 aromatic rings. The summed E-state index contributed by atoms with van der Waals surface area (Å²) in [7, 11) is 1.70. The predicted octanol–water partition coefficient (Wildman–Crippen LogP) is 4.05. The number of methoxy groups -OCH3 is 1. The summed E-state index contributed by atoms with van der Waals surface area (Å²) in [6.07, 6.45) is 0.905. The van der Waals surface area contributed by atoms with Crippen molar-refractivity contribution in [3.8, 4) is 5.75 Å². The number of fused-ring (bicyclic) bond motifs is 1. The minimum Gasteiger partial charge on any atom is -0.496 e. The van der Waals surface area contributed by atoms with E-state index in [1.807, 2.05) is 29.2 Å². The maximum atomic E-state index is 13.2. The Kier molecular flexibility index (Phi) is 6.85. The number of piperazine rings is 1. The van der Waals surface area contributed by atoms with E-state index in [1.54, 1.807) is 7.11 Å². The summed E-state index contributed by atoms with van der Waals surface area (Å²) in [5, 5.41) is 0.742. The minimum atomic E-state index is 0.207. The number of rotatable bonds is 6. The largest absolute Gasteiger partial charge is 0.496 e. The predicted molar refractivity (Wildman–Crippen MR) is 126 cm³/mol. The van der Waals surface area contributed by atoms with Crippen LogP contribution < -0.4 is 9.64 Å². The van der Waals surface area contributed by atoms with Gasteiger partial charge in [0.2, 0.25) is 5.91 Å². The smallest absolute Gasteiger partial charge is 0.241 e. The van der Waals surface area contributed by atoms with Gasteiger partial charge in [0.05, 0.1) is 13.7 Å². The highest BCUT2D eigenvalue weighted by Crippen LogP contribution is 2.40. The highest BCUT2D eigenvalue weighted by atomic mass is 35.5. The summed E-state index contributed by atoms with van der Waals surface area (Å²) >= 11 is 6.16. The van der Waals surface area contributed by atoms with Crippen molar-refractivity contribution in [3.05, 3.63) is 58.6 Å². The first kappa shape index (κ1) is 22.1. The molecule has 1 amide bonds. The zero-order valence-electron chi connectivity index (χ0n) is 18.7. The topological polar surface area (TPSA) is 36.0 Å². The Labute approximate surface area is 190 Å². The third kappa shape index (κ3) is 4.74. The van der Waals surface area contributed by atoms with Crippen molar-refractivity contribution < 1.29 is 9.53 Å². The summed E-state index contributed by atoms with van der Waals surface area (Å²) in [5.74, 6) is 1.48. The Morgan fingerprint density at radius 2 is 1.77 bits per heavy atom. The van der Waals surface area contributed by atoms with E-state index in [1.165, 1.54) is 5.56 Å². The number of anilines is 1. The zero-order valence-corrected chi connectivity index (χ0v) is 19.4. The van der Waals surface area contributed by atoms with Gasteiger partial charge in [-0.05, 0) is 48.7 Å². The summed E-state index contributed by atoms with van der Waals surface area (Å²) in [6, 6.07) is 14.3. The minimum absolute atomic E-state index is 0.207. The van der Waals surface area contributed by atoms with E-state index in [2.05, 4.69) is 41.8 Å². The summed E-state index contributed by atoms with van der Waals surface area (Å²) < 4.78 is 5.46. The lowest BCUT2D eigenvalue weighted by molar-refractivity contribution is -0.120. The highest BCUT2D eigenvalue weighted by Gasteiger charge is 2.36. The van der Waals surface area contributed by atoms with Crippen molar-refractivity contribution in [2.45, 2.75) is 32.2 Å². The number of carbonyl (C=O) groups is 1. The number of halogens is 1. The normalized spacial score (nSPS) is 21.9. The van der Waals surface area contributed by atoms with Crippen LogP contribution in [0.4, 0.5) is 5.69 Å². The average molecular weight is 442 g/mol. The molecule has 0 saturated carbocycles. The number of hydrogen-bond donors (Lipinski definition) is 0. The summed E-state index contributed by atoms with van der Waals surface area (Å²) in [5.41, 5.74) is 3.51. The second-order valence-corrected chi connectivity index (χ2v) is 9.11. The van der Waals surface area contributed by atoms with Crippen LogP contribution in [0.5, 0.6) is 5.75 Å². The number of ether oxygens (including phenoxy) is 1. The van der Waals surface area contributed by atoms with Gasteiger partial charge in [-0.25, -0.2) is 0 Å². The molecule has 0 unspecified atom stereocenters. The van der Waals surface area contributed by atoms with Crippen LogP contribution in [0, 0.1) is 0 Å². The lowest BCUT2D eigenvalue weighted by Gasteiger charge is -2.35. The van der Waals surface area contributed by atoms with Gasteiger partial charge in [-0.2, -0.15) is 0 Å². The van der Waals surface area contributed by atoms with Gasteiger partial charge in [0.25, 0.3) is 0 Å². The van der Waals surface area contributed by atoms with E-state index in [0.717, 1.165) is 61.2 Å². The van der Waals surface area contributed by atoms with E-state index in [0.29, 0.717) is 12.5 Å². The third-order valence-corrected chi connectivity index (χ3v) is 7.09. The van der Waals surface area contributed by atoms with E-state index in [4.69, 9.17) is 16.3 Å². The standard InChI is InChI=1S/C25H32ClN3O2/c1-18-19(2)29(23-7-5-4-6-22(18)23)25(30)17-28-14-12-27(13-15-28)11-10-20-16-21(26)8-9-24(20)31-3/h4-9,16,18-19H,10-15,17H2,1-3H3/t18-,19+/m0/s1. The Morgan fingerprint density at radius 3 is 2.52 bits per heavy atom. The molecule has 0 radical (unpaired) electrons. The molecule has 0 spiro atoms. The zero-order chi connectivity index (χ0) is 22.0.